The van der Waals surface area contributed by atoms with Gasteiger partial charge in [0.1, 0.15) is 5.82 Å². The summed E-state index contributed by atoms with van der Waals surface area (Å²) in [6.45, 7) is 3.31. The van der Waals surface area contributed by atoms with E-state index in [9.17, 15) is 4.79 Å². The van der Waals surface area contributed by atoms with Crippen LogP contribution in [0.15, 0.2) is 60.9 Å². The number of aromatic nitrogens is 3. The molecule has 1 aromatic carbocycles. The van der Waals surface area contributed by atoms with Crippen molar-refractivity contribution >= 4 is 34.3 Å². The molecule has 4 rings (SSSR count). The normalized spacial score (nSPS) is 11.3. The predicted molar refractivity (Wildman–Crippen MR) is 118 cm³/mol. The standard InChI is InChI=1S/C22H23N5OS/c1-16(28)19-9-10-20(29-19)18-15-23-27-12-11-21(24-22(18)27)26(14-13-25(2)3)17-7-5-4-6-8-17/h4-12,15H,13-14H2,1-3H3. The average Bonchev–Trinajstić information content (AvgIpc) is 3.35. The van der Waals surface area contributed by atoms with Crippen molar-refractivity contribution in [2.24, 2.45) is 0 Å². The van der Waals surface area contributed by atoms with E-state index in [0.717, 1.165) is 45.6 Å². The van der Waals surface area contributed by atoms with Gasteiger partial charge in [-0.25, -0.2) is 9.50 Å². The molecule has 7 heteroatoms. The number of carbonyl (C=O) groups excluding carboxylic acids is 1. The lowest BCUT2D eigenvalue weighted by Gasteiger charge is -2.25. The van der Waals surface area contributed by atoms with Crippen LogP contribution in [0.4, 0.5) is 11.5 Å². The van der Waals surface area contributed by atoms with Gasteiger partial charge in [0.05, 0.1) is 16.6 Å². The van der Waals surface area contributed by atoms with E-state index in [1.165, 1.54) is 11.3 Å². The smallest absolute Gasteiger partial charge is 0.169 e. The summed E-state index contributed by atoms with van der Waals surface area (Å²) in [5.41, 5.74) is 2.82. The number of nitrogens with zero attached hydrogens (tertiary/aromatic N) is 5. The fraction of sp³-hybridized carbons (Fsp3) is 0.227. The summed E-state index contributed by atoms with van der Waals surface area (Å²) in [6, 6.07) is 16.1. The Labute approximate surface area is 174 Å². The highest BCUT2D eigenvalue weighted by Gasteiger charge is 2.16. The molecule has 4 aromatic rings. The van der Waals surface area contributed by atoms with Crippen LogP contribution in [-0.4, -0.2) is 52.5 Å². The first-order chi connectivity index (χ1) is 14.0. The monoisotopic (exact) mass is 405 g/mol. The third kappa shape index (κ3) is 4.06. The van der Waals surface area contributed by atoms with Gasteiger partial charge in [0.2, 0.25) is 0 Å². The van der Waals surface area contributed by atoms with E-state index in [-0.39, 0.29) is 5.78 Å². The second-order valence-electron chi connectivity index (χ2n) is 7.12. The molecule has 0 spiro atoms. The van der Waals surface area contributed by atoms with Gasteiger partial charge in [-0.1, -0.05) is 18.2 Å². The molecule has 0 aliphatic carbocycles. The number of benzene rings is 1. The van der Waals surface area contributed by atoms with E-state index in [2.05, 4.69) is 41.1 Å². The Hall–Kier alpha value is -3.03. The Kier molecular flexibility index (Phi) is 5.42. The topological polar surface area (TPSA) is 53.7 Å². The van der Waals surface area contributed by atoms with E-state index in [0.29, 0.717) is 0 Å². The zero-order chi connectivity index (χ0) is 20.4. The molecule has 0 aliphatic heterocycles. The minimum atomic E-state index is 0.0744. The van der Waals surface area contributed by atoms with Crippen molar-refractivity contribution in [2.75, 3.05) is 32.1 Å². The molecular formula is C22H23N5OS. The molecule has 3 aromatic heterocycles. The number of likely N-dealkylation sites (N-methyl/N-ethyl adjacent to an activating group) is 1. The molecule has 0 N–H and O–H groups in total. The van der Waals surface area contributed by atoms with Crippen LogP contribution < -0.4 is 4.90 Å². The van der Waals surface area contributed by atoms with E-state index < -0.39 is 0 Å². The number of para-hydroxylation sites is 1. The van der Waals surface area contributed by atoms with Crippen LogP contribution in [0.5, 0.6) is 0 Å². The van der Waals surface area contributed by atoms with E-state index in [4.69, 9.17) is 4.98 Å². The lowest BCUT2D eigenvalue weighted by atomic mass is 10.2. The van der Waals surface area contributed by atoms with Crippen LogP contribution in [0.3, 0.4) is 0 Å². The summed E-state index contributed by atoms with van der Waals surface area (Å²) in [5, 5.41) is 4.45. The van der Waals surface area contributed by atoms with Gasteiger partial charge in [-0.2, -0.15) is 5.10 Å². The maximum absolute atomic E-state index is 11.7. The fourth-order valence-electron chi connectivity index (χ4n) is 3.14. The van der Waals surface area contributed by atoms with Crippen molar-refractivity contribution in [3.63, 3.8) is 0 Å². The number of Topliss-reactive ketones (excluding diaryl/α,β-unsaturated/α-hetero) is 1. The SMILES string of the molecule is CC(=O)c1ccc(-c2cnn3ccc(N(CCN(C)C)c4ccccc4)nc23)s1. The van der Waals surface area contributed by atoms with Crippen molar-refractivity contribution in [3.05, 3.63) is 65.8 Å². The van der Waals surface area contributed by atoms with Gasteiger partial charge in [-0.05, 0) is 51.4 Å². The van der Waals surface area contributed by atoms with Crippen molar-refractivity contribution in [1.29, 1.82) is 0 Å². The largest absolute Gasteiger partial charge is 0.325 e. The number of ketones is 1. The van der Waals surface area contributed by atoms with Crippen LogP contribution in [0, 0.1) is 0 Å². The Morgan fingerprint density at radius 2 is 1.86 bits per heavy atom. The zero-order valence-corrected chi connectivity index (χ0v) is 17.6. The predicted octanol–water partition coefficient (Wildman–Crippen LogP) is 4.36. The summed E-state index contributed by atoms with van der Waals surface area (Å²) in [5.74, 6) is 0.945. The van der Waals surface area contributed by atoms with Crippen LogP contribution in [0.2, 0.25) is 0 Å². The highest BCUT2D eigenvalue weighted by atomic mass is 32.1. The van der Waals surface area contributed by atoms with Crippen molar-refractivity contribution in [3.8, 4) is 10.4 Å². The average molecular weight is 406 g/mol. The summed E-state index contributed by atoms with van der Waals surface area (Å²) in [6.07, 6.45) is 3.75. The molecule has 0 radical (unpaired) electrons. The molecule has 6 nitrogen and oxygen atoms in total. The van der Waals surface area contributed by atoms with E-state index >= 15 is 0 Å². The third-order valence-corrected chi connectivity index (χ3v) is 5.91. The van der Waals surface area contributed by atoms with Crippen molar-refractivity contribution in [2.45, 2.75) is 6.92 Å². The lowest BCUT2D eigenvalue weighted by Crippen LogP contribution is -2.28. The van der Waals surface area contributed by atoms with Crippen LogP contribution in [0.1, 0.15) is 16.6 Å². The van der Waals surface area contributed by atoms with Crippen LogP contribution >= 0.6 is 11.3 Å². The highest BCUT2D eigenvalue weighted by Crippen LogP contribution is 2.32. The molecule has 0 bridgehead atoms. The van der Waals surface area contributed by atoms with Gasteiger partial charge in [0.25, 0.3) is 0 Å². The minimum Gasteiger partial charge on any atom is -0.325 e. The molecule has 0 unspecified atom stereocenters. The number of carbonyl (C=O) groups is 1. The first-order valence-electron chi connectivity index (χ1n) is 9.46. The summed E-state index contributed by atoms with van der Waals surface area (Å²) in [4.78, 5) is 22.7. The number of rotatable bonds is 7. The Bertz CT molecular complexity index is 1130. The van der Waals surface area contributed by atoms with Gasteiger partial charge in [-0.15, -0.1) is 11.3 Å². The van der Waals surface area contributed by atoms with Crippen molar-refractivity contribution in [1.82, 2.24) is 19.5 Å². The van der Waals surface area contributed by atoms with Gasteiger partial charge >= 0.3 is 0 Å². The number of anilines is 2. The number of hydrogen-bond acceptors (Lipinski definition) is 6. The highest BCUT2D eigenvalue weighted by molar-refractivity contribution is 7.17. The molecular weight excluding hydrogens is 382 g/mol. The summed E-state index contributed by atoms with van der Waals surface area (Å²) >= 11 is 1.48. The molecule has 0 saturated carbocycles. The minimum absolute atomic E-state index is 0.0744. The first kappa shape index (κ1) is 19.3. The number of thiophene rings is 1. The summed E-state index contributed by atoms with van der Waals surface area (Å²) < 4.78 is 1.78. The molecule has 0 saturated heterocycles. The van der Waals surface area contributed by atoms with Crippen LogP contribution in [0.25, 0.3) is 16.1 Å². The van der Waals surface area contributed by atoms with Gasteiger partial charge in [0, 0.05) is 29.9 Å². The molecule has 0 atom stereocenters. The second kappa shape index (κ2) is 8.14. The lowest BCUT2D eigenvalue weighted by molar-refractivity contribution is 0.102. The number of fused-ring (bicyclic) bond motifs is 1. The Morgan fingerprint density at radius 3 is 2.55 bits per heavy atom. The van der Waals surface area contributed by atoms with Gasteiger partial charge in [0.15, 0.2) is 11.4 Å². The van der Waals surface area contributed by atoms with E-state index in [1.807, 2.05) is 48.8 Å². The molecule has 3 heterocycles. The Morgan fingerprint density at radius 1 is 1.07 bits per heavy atom. The molecule has 148 valence electrons. The molecule has 0 amide bonds. The molecule has 29 heavy (non-hydrogen) atoms. The quantitative estimate of drug-likeness (QED) is 0.428. The van der Waals surface area contributed by atoms with Gasteiger partial charge in [-0.3, -0.25) is 4.79 Å². The van der Waals surface area contributed by atoms with Crippen LogP contribution in [-0.2, 0) is 0 Å². The molecule has 0 fully saturated rings. The van der Waals surface area contributed by atoms with Crippen molar-refractivity contribution < 1.29 is 4.79 Å². The zero-order valence-electron chi connectivity index (χ0n) is 16.7. The number of hydrogen-bond donors (Lipinski definition) is 0. The molecule has 0 aliphatic rings. The summed E-state index contributed by atoms with van der Waals surface area (Å²) in [7, 11) is 4.14. The third-order valence-electron chi connectivity index (χ3n) is 4.69. The van der Waals surface area contributed by atoms with Gasteiger partial charge < -0.3 is 9.80 Å². The maximum Gasteiger partial charge on any atom is 0.169 e. The Balaban J connectivity index is 1.77. The first-order valence-corrected chi connectivity index (χ1v) is 10.3. The fourth-order valence-corrected chi connectivity index (χ4v) is 4.05. The maximum atomic E-state index is 11.7. The van der Waals surface area contributed by atoms with E-state index in [1.54, 1.807) is 11.4 Å². The second-order valence-corrected chi connectivity index (χ2v) is 8.21.